The van der Waals surface area contributed by atoms with Crippen LogP contribution in [0.5, 0.6) is 0 Å². The number of nitrogens with one attached hydrogen (secondary N) is 2. The SMILES string of the molecule is C=C(NCN)NCCC[Si](OC)(OC)OC. The number of hydrogen-bond acceptors (Lipinski definition) is 6. The first-order valence-corrected chi connectivity index (χ1v) is 7.09. The molecule has 0 aliphatic rings. The van der Waals surface area contributed by atoms with Crippen molar-refractivity contribution in [2.45, 2.75) is 12.5 Å². The van der Waals surface area contributed by atoms with Crippen molar-refractivity contribution >= 4 is 8.80 Å². The van der Waals surface area contributed by atoms with Crippen LogP contribution >= 0.6 is 0 Å². The summed E-state index contributed by atoms with van der Waals surface area (Å²) in [6.45, 7) is 4.90. The summed E-state index contributed by atoms with van der Waals surface area (Å²) in [6, 6.07) is 0.763. The van der Waals surface area contributed by atoms with Crippen LogP contribution in [0.1, 0.15) is 6.42 Å². The minimum atomic E-state index is -2.42. The summed E-state index contributed by atoms with van der Waals surface area (Å²) in [6.07, 6.45) is 0.882. The van der Waals surface area contributed by atoms with Gasteiger partial charge in [-0.25, -0.2) is 0 Å². The minimum Gasteiger partial charge on any atom is -0.377 e. The Hall–Kier alpha value is -0.603. The molecule has 0 unspecified atom stereocenters. The van der Waals surface area contributed by atoms with Crippen LogP contribution in [0.15, 0.2) is 12.4 Å². The molecule has 0 aliphatic heterocycles. The molecule has 7 heteroatoms. The third kappa shape index (κ3) is 5.47. The molecule has 6 nitrogen and oxygen atoms in total. The zero-order chi connectivity index (χ0) is 12.4. The van der Waals surface area contributed by atoms with E-state index in [1.165, 1.54) is 0 Å². The Balaban J connectivity index is 3.74. The van der Waals surface area contributed by atoms with E-state index in [2.05, 4.69) is 17.2 Å². The molecule has 0 aromatic carbocycles. The monoisotopic (exact) mass is 249 g/mol. The van der Waals surface area contributed by atoms with Crippen LogP contribution in [0.4, 0.5) is 0 Å². The molecule has 0 bridgehead atoms. The largest absolute Gasteiger partial charge is 0.500 e. The summed E-state index contributed by atoms with van der Waals surface area (Å²) in [7, 11) is 2.42. The molecular formula is C9H23N3O3Si. The fraction of sp³-hybridized carbons (Fsp3) is 0.778. The predicted molar refractivity (Wildman–Crippen MR) is 65.5 cm³/mol. The molecule has 4 N–H and O–H groups in total. The fourth-order valence-corrected chi connectivity index (χ4v) is 3.01. The molecule has 0 aromatic rings. The van der Waals surface area contributed by atoms with Crippen molar-refractivity contribution in [1.29, 1.82) is 0 Å². The lowest BCUT2D eigenvalue weighted by Gasteiger charge is -2.24. The fourth-order valence-electron chi connectivity index (χ4n) is 1.29. The van der Waals surface area contributed by atoms with Crippen molar-refractivity contribution in [3.63, 3.8) is 0 Å². The van der Waals surface area contributed by atoms with E-state index in [1.807, 2.05) is 0 Å². The molecular weight excluding hydrogens is 226 g/mol. The van der Waals surface area contributed by atoms with Gasteiger partial charge in [-0.3, -0.25) is 0 Å². The first-order valence-electron chi connectivity index (χ1n) is 5.16. The van der Waals surface area contributed by atoms with Crippen LogP contribution in [0.3, 0.4) is 0 Å². The lowest BCUT2D eigenvalue weighted by atomic mass is 10.5. The van der Waals surface area contributed by atoms with Gasteiger partial charge in [-0.05, 0) is 6.42 Å². The molecule has 0 spiro atoms. The smallest absolute Gasteiger partial charge is 0.377 e. The van der Waals surface area contributed by atoms with Gasteiger partial charge >= 0.3 is 8.80 Å². The van der Waals surface area contributed by atoms with Gasteiger partial charge in [-0.2, -0.15) is 0 Å². The van der Waals surface area contributed by atoms with Crippen molar-refractivity contribution in [2.24, 2.45) is 5.73 Å². The van der Waals surface area contributed by atoms with Gasteiger partial charge in [-0.15, -0.1) is 0 Å². The maximum Gasteiger partial charge on any atom is 0.500 e. The molecule has 0 radical (unpaired) electrons. The Kier molecular flexibility index (Phi) is 8.22. The van der Waals surface area contributed by atoms with E-state index in [9.17, 15) is 0 Å². The molecule has 0 fully saturated rings. The Morgan fingerprint density at radius 1 is 1.19 bits per heavy atom. The van der Waals surface area contributed by atoms with E-state index in [1.54, 1.807) is 21.3 Å². The molecule has 0 heterocycles. The molecule has 0 rings (SSSR count). The van der Waals surface area contributed by atoms with E-state index in [4.69, 9.17) is 19.0 Å². The summed E-state index contributed by atoms with van der Waals surface area (Å²) < 4.78 is 15.9. The average Bonchev–Trinajstić information content (AvgIpc) is 2.31. The Morgan fingerprint density at radius 2 is 1.75 bits per heavy atom. The second-order valence-corrected chi connectivity index (χ2v) is 6.28. The molecule has 0 saturated carbocycles. The summed E-state index contributed by atoms with van der Waals surface area (Å²) in [4.78, 5) is 0. The third-order valence-corrected chi connectivity index (χ3v) is 5.08. The van der Waals surface area contributed by atoms with Crippen molar-refractivity contribution in [3.05, 3.63) is 12.4 Å². The zero-order valence-electron chi connectivity index (χ0n) is 10.3. The van der Waals surface area contributed by atoms with Crippen molar-refractivity contribution < 1.29 is 13.3 Å². The molecule has 16 heavy (non-hydrogen) atoms. The van der Waals surface area contributed by atoms with E-state index < -0.39 is 8.80 Å². The second-order valence-electron chi connectivity index (χ2n) is 3.19. The normalized spacial score (nSPS) is 11.2. The summed E-state index contributed by atoms with van der Waals surface area (Å²) in [5.41, 5.74) is 5.30. The number of nitrogens with two attached hydrogens (primary N) is 1. The van der Waals surface area contributed by atoms with Gasteiger partial charge in [0, 0.05) is 33.9 Å². The van der Waals surface area contributed by atoms with Gasteiger partial charge in [0.25, 0.3) is 0 Å². The molecule has 0 aromatic heterocycles. The van der Waals surface area contributed by atoms with Crippen LogP contribution in [0.2, 0.25) is 6.04 Å². The van der Waals surface area contributed by atoms with E-state index in [0.717, 1.165) is 24.8 Å². The van der Waals surface area contributed by atoms with E-state index in [0.29, 0.717) is 6.67 Å². The van der Waals surface area contributed by atoms with Crippen molar-refractivity contribution in [2.75, 3.05) is 34.5 Å². The summed E-state index contributed by atoms with van der Waals surface area (Å²) in [5.74, 6) is 0.724. The maximum atomic E-state index is 5.30. The quantitative estimate of drug-likeness (QED) is 0.283. The van der Waals surface area contributed by atoms with Gasteiger partial charge in [0.15, 0.2) is 0 Å². The zero-order valence-corrected chi connectivity index (χ0v) is 11.3. The van der Waals surface area contributed by atoms with Crippen molar-refractivity contribution in [3.8, 4) is 0 Å². The van der Waals surface area contributed by atoms with Crippen LogP contribution in [0.25, 0.3) is 0 Å². The van der Waals surface area contributed by atoms with Crippen LogP contribution in [-0.4, -0.2) is 43.3 Å². The lowest BCUT2D eigenvalue weighted by molar-refractivity contribution is 0.123. The average molecular weight is 249 g/mol. The van der Waals surface area contributed by atoms with Gasteiger partial charge in [0.2, 0.25) is 0 Å². The van der Waals surface area contributed by atoms with Gasteiger partial charge in [0.1, 0.15) is 0 Å². The molecule has 0 amide bonds. The van der Waals surface area contributed by atoms with Crippen LogP contribution in [-0.2, 0) is 13.3 Å². The van der Waals surface area contributed by atoms with E-state index in [-0.39, 0.29) is 0 Å². The van der Waals surface area contributed by atoms with Crippen molar-refractivity contribution in [1.82, 2.24) is 10.6 Å². The Labute approximate surface area is 98.5 Å². The third-order valence-electron chi connectivity index (χ3n) is 2.25. The Bertz CT molecular complexity index is 192. The maximum absolute atomic E-state index is 5.30. The summed E-state index contributed by atoms with van der Waals surface area (Å²) >= 11 is 0. The highest BCUT2D eigenvalue weighted by molar-refractivity contribution is 6.60. The standard InChI is InChI=1S/C9H23N3O3Si/c1-9(12-8-10)11-6-5-7-16(13-2,14-3)15-4/h11-12H,1,5-8,10H2,2-4H3. The first-order chi connectivity index (χ1) is 7.64. The molecule has 0 saturated heterocycles. The predicted octanol–water partition coefficient (Wildman–Crippen LogP) is -0.179. The highest BCUT2D eigenvalue weighted by Gasteiger charge is 2.36. The lowest BCUT2D eigenvalue weighted by Crippen LogP contribution is -2.43. The van der Waals surface area contributed by atoms with E-state index >= 15 is 0 Å². The van der Waals surface area contributed by atoms with Crippen LogP contribution < -0.4 is 16.4 Å². The molecule has 0 aliphatic carbocycles. The minimum absolute atomic E-state index is 0.374. The molecule has 96 valence electrons. The van der Waals surface area contributed by atoms with Gasteiger partial charge in [-0.1, -0.05) is 6.58 Å². The number of rotatable bonds is 10. The van der Waals surface area contributed by atoms with Crippen LogP contribution in [0, 0.1) is 0 Å². The number of hydrogen-bond donors (Lipinski definition) is 3. The second kappa shape index (κ2) is 8.54. The first kappa shape index (κ1) is 15.4. The highest BCUT2D eigenvalue weighted by atomic mass is 28.4. The topological polar surface area (TPSA) is 77.8 Å². The highest BCUT2D eigenvalue weighted by Crippen LogP contribution is 2.14. The van der Waals surface area contributed by atoms with Gasteiger partial charge in [0.05, 0.1) is 12.5 Å². The Morgan fingerprint density at radius 3 is 2.19 bits per heavy atom. The summed E-state index contributed by atoms with van der Waals surface area (Å²) in [5, 5.41) is 5.97. The molecule has 0 atom stereocenters. The van der Waals surface area contributed by atoms with Gasteiger partial charge < -0.3 is 29.6 Å².